The molecule has 1 heterocycles. The van der Waals surface area contributed by atoms with Crippen LogP contribution in [0, 0.1) is 0 Å². The van der Waals surface area contributed by atoms with Gasteiger partial charge < -0.3 is 16.2 Å². The molecule has 1 aromatic heterocycles. The highest BCUT2D eigenvalue weighted by Crippen LogP contribution is 2.16. The number of esters is 1. The molecule has 0 atom stereocenters. The van der Waals surface area contributed by atoms with E-state index in [0.29, 0.717) is 11.3 Å². The van der Waals surface area contributed by atoms with Crippen LogP contribution in [-0.4, -0.2) is 33.0 Å². The summed E-state index contributed by atoms with van der Waals surface area (Å²) in [6.45, 7) is 3.45. The van der Waals surface area contributed by atoms with Crippen LogP contribution in [0.25, 0.3) is 5.69 Å². The van der Waals surface area contributed by atoms with Crippen LogP contribution in [0.5, 0.6) is 0 Å². The number of hydrogen-bond donors (Lipinski definition) is 2. The molecule has 2 aromatic rings. The van der Waals surface area contributed by atoms with Crippen LogP contribution in [-0.2, 0) is 4.74 Å². The van der Waals surface area contributed by atoms with Crippen molar-refractivity contribution in [1.82, 2.24) is 15.0 Å². The third kappa shape index (κ3) is 2.99. The van der Waals surface area contributed by atoms with Crippen molar-refractivity contribution in [2.24, 2.45) is 5.73 Å². The molecule has 8 heteroatoms. The second-order valence-corrected chi connectivity index (χ2v) is 4.60. The van der Waals surface area contributed by atoms with Crippen LogP contribution < -0.4 is 11.5 Å². The second kappa shape index (κ2) is 5.61. The predicted molar refractivity (Wildman–Crippen MR) is 74.8 cm³/mol. The van der Waals surface area contributed by atoms with E-state index in [-0.39, 0.29) is 17.6 Å². The van der Waals surface area contributed by atoms with Crippen molar-refractivity contribution in [1.29, 1.82) is 0 Å². The molecule has 4 N–H and O–H groups in total. The van der Waals surface area contributed by atoms with Gasteiger partial charge in [0.25, 0.3) is 0 Å². The van der Waals surface area contributed by atoms with Gasteiger partial charge in [0.2, 0.25) is 11.6 Å². The smallest absolute Gasteiger partial charge is 0.363 e. The monoisotopic (exact) mass is 289 g/mol. The third-order valence-corrected chi connectivity index (χ3v) is 2.64. The number of carbonyl (C=O) groups excluding carboxylic acids is 2. The molecule has 0 aliphatic heterocycles. The second-order valence-electron chi connectivity index (χ2n) is 4.60. The van der Waals surface area contributed by atoms with Crippen molar-refractivity contribution in [3.05, 3.63) is 35.5 Å². The van der Waals surface area contributed by atoms with Crippen molar-refractivity contribution < 1.29 is 14.3 Å². The summed E-state index contributed by atoms with van der Waals surface area (Å²) in [5, 5.41) is 7.54. The molecule has 110 valence electrons. The van der Waals surface area contributed by atoms with Crippen molar-refractivity contribution in [3.8, 4) is 5.69 Å². The number of aromatic nitrogens is 3. The molecule has 0 bridgehead atoms. The first-order valence-corrected chi connectivity index (χ1v) is 6.22. The fraction of sp³-hybridized carbons (Fsp3) is 0.231. The van der Waals surface area contributed by atoms with Gasteiger partial charge in [-0.1, -0.05) is 5.21 Å². The predicted octanol–water partition coefficient (Wildman–Crippen LogP) is 0.514. The number of nitrogens with two attached hydrogens (primary N) is 2. The minimum Gasteiger partial charge on any atom is -0.458 e. The standard InChI is InChI=1S/C13H15N5O3/c1-7(2)21-13(20)10-11(14)18(17-16-10)9-5-3-8(4-6-9)12(15)19/h3-7H,14H2,1-2H3,(H2,15,19). The molecule has 1 amide bonds. The van der Waals surface area contributed by atoms with Gasteiger partial charge in [-0.15, -0.1) is 5.10 Å². The largest absolute Gasteiger partial charge is 0.458 e. The maximum atomic E-state index is 11.8. The Hall–Kier alpha value is -2.90. The molecule has 2 rings (SSSR count). The molecule has 0 saturated carbocycles. The van der Waals surface area contributed by atoms with Crippen LogP contribution in [0.3, 0.4) is 0 Å². The number of amides is 1. The Morgan fingerprint density at radius 2 is 1.86 bits per heavy atom. The van der Waals surface area contributed by atoms with Crippen molar-refractivity contribution in [2.75, 3.05) is 5.73 Å². The van der Waals surface area contributed by atoms with Gasteiger partial charge in [0.15, 0.2) is 5.82 Å². The van der Waals surface area contributed by atoms with Crippen LogP contribution in [0.1, 0.15) is 34.7 Å². The molecule has 0 radical (unpaired) electrons. The normalized spacial score (nSPS) is 10.6. The fourth-order valence-electron chi connectivity index (χ4n) is 1.66. The summed E-state index contributed by atoms with van der Waals surface area (Å²) in [6, 6.07) is 6.27. The molecule has 21 heavy (non-hydrogen) atoms. The topological polar surface area (TPSA) is 126 Å². The maximum Gasteiger partial charge on any atom is 0.363 e. The summed E-state index contributed by atoms with van der Waals surface area (Å²) < 4.78 is 6.30. The van der Waals surface area contributed by atoms with E-state index in [1.54, 1.807) is 26.0 Å². The zero-order chi connectivity index (χ0) is 15.6. The Morgan fingerprint density at radius 1 is 1.24 bits per heavy atom. The van der Waals surface area contributed by atoms with Gasteiger partial charge >= 0.3 is 5.97 Å². The number of anilines is 1. The summed E-state index contributed by atoms with van der Waals surface area (Å²) in [5.41, 5.74) is 11.9. The number of primary amides is 1. The van der Waals surface area contributed by atoms with E-state index in [4.69, 9.17) is 16.2 Å². The Kier molecular flexibility index (Phi) is 3.88. The lowest BCUT2D eigenvalue weighted by atomic mass is 10.2. The number of nitrogens with zero attached hydrogens (tertiary/aromatic N) is 3. The highest BCUT2D eigenvalue weighted by molar-refractivity contribution is 5.93. The Balaban J connectivity index is 2.31. The lowest BCUT2D eigenvalue weighted by Crippen LogP contribution is -2.14. The molecule has 0 spiro atoms. The highest BCUT2D eigenvalue weighted by Gasteiger charge is 2.20. The van der Waals surface area contributed by atoms with Crippen molar-refractivity contribution in [2.45, 2.75) is 20.0 Å². The zero-order valence-electron chi connectivity index (χ0n) is 11.6. The average Bonchev–Trinajstić information content (AvgIpc) is 2.80. The molecule has 0 unspecified atom stereocenters. The summed E-state index contributed by atoms with van der Waals surface area (Å²) in [7, 11) is 0. The highest BCUT2D eigenvalue weighted by atomic mass is 16.5. The minimum atomic E-state index is -0.637. The lowest BCUT2D eigenvalue weighted by molar-refractivity contribution is 0.0372. The van der Waals surface area contributed by atoms with E-state index in [9.17, 15) is 9.59 Å². The molecule has 8 nitrogen and oxygen atoms in total. The Bertz CT molecular complexity index is 676. The minimum absolute atomic E-state index is 0.0531. The quantitative estimate of drug-likeness (QED) is 0.790. The van der Waals surface area contributed by atoms with E-state index in [1.807, 2.05) is 0 Å². The first-order chi connectivity index (χ1) is 9.90. The van der Waals surface area contributed by atoms with E-state index in [2.05, 4.69) is 10.3 Å². The van der Waals surface area contributed by atoms with Crippen LogP contribution in [0.4, 0.5) is 5.82 Å². The van der Waals surface area contributed by atoms with Gasteiger partial charge in [-0.25, -0.2) is 4.79 Å². The number of ether oxygens (including phenoxy) is 1. The van der Waals surface area contributed by atoms with Gasteiger partial charge in [0.1, 0.15) is 0 Å². The third-order valence-electron chi connectivity index (χ3n) is 2.64. The summed E-state index contributed by atoms with van der Waals surface area (Å²) in [5.74, 6) is -1.11. The van der Waals surface area contributed by atoms with E-state index in [0.717, 1.165) is 0 Å². The number of nitrogen functional groups attached to an aromatic ring is 1. The summed E-state index contributed by atoms with van der Waals surface area (Å²) in [4.78, 5) is 22.8. The Morgan fingerprint density at radius 3 is 2.38 bits per heavy atom. The molecule has 0 fully saturated rings. The molecule has 1 aromatic carbocycles. The molecular weight excluding hydrogens is 274 g/mol. The Labute approximate surface area is 120 Å². The molecule has 0 aliphatic carbocycles. The summed E-state index contributed by atoms with van der Waals surface area (Å²) >= 11 is 0. The number of rotatable bonds is 4. The molecule has 0 saturated heterocycles. The SMILES string of the molecule is CC(C)OC(=O)c1nnn(-c2ccc(C(N)=O)cc2)c1N. The number of benzene rings is 1. The van der Waals surface area contributed by atoms with Gasteiger partial charge in [-0.05, 0) is 38.1 Å². The first-order valence-electron chi connectivity index (χ1n) is 6.22. The first kappa shape index (κ1) is 14.5. The maximum absolute atomic E-state index is 11.8. The number of hydrogen-bond acceptors (Lipinski definition) is 6. The molecule has 0 aliphatic rings. The lowest BCUT2D eigenvalue weighted by Gasteiger charge is -2.06. The van der Waals surface area contributed by atoms with Gasteiger partial charge in [0, 0.05) is 5.56 Å². The van der Waals surface area contributed by atoms with E-state index in [1.165, 1.54) is 16.8 Å². The fourth-order valence-corrected chi connectivity index (χ4v) is 1.66. The number of carbonyl (C=O) groups is 2. The van der Waals surface area contributed by atoms with Gasteiger partial charge in [0.05, 0.1) is 11.8 Å². The van der Waals surface area contributed by atoms with E-state index >= 15 is 0 Å². The van der Waals surface area contributed by atoms with Crippen LogP contribution >= 0.6 is 0 Å². The van der Waals surface area contributed by atoms with Crippen LogP contribution in [0.15, 0.2) is 24.3 Å². The van der Waals surface area contributed by atoms with Crippen LogP contribution in [0.2, 0.25) is 0 Å². The summed E-state index contributed by atoms with van der Waals surface area (Å²) in [6.07, 6.45) is -0.281. The van der Waals surface area contributed by atoms with Gasteiger partial charge in [-0.2, -0.15) is 4.68 Å². The van der Waals surface area contributed by atoms with E-state index < -0.39 is 11.9 Å². The van der Waals surface area contributed by atoms with Crippen molar-refractivity contribution >= 4 is 17.7 Å². The van der Waals surface area contributed by atoms with Crippen molar-refractivity contribution in [3.63, 3.8) is 0 Å². The average molecular weight is 289 g/mol. The van der Waals surface area contributed by atoms with Gasteiger partial charge in [-0.3, -0.25) is 4.79 Å². The molecular formula is C13H15N5O3. The zero-order valence-corrected chi connectivity index (χ0v) is 11.6.